The van der Waals surface area contributed by atoms with E-state index in [-0.39, 0.29) is 24.6 Å². The lowest BCUT2D eigenvalue weighted by molar-refractivity contribution is 0.0458. The molecule has 0 aliphatic heterocycles. The Morgan fingerprint density at radius 3 is 2.36 bits per heavy atom. The van der Waals surface area contributed by atoms with Crippen molar-refractivity contribution < 1.29 is 9.53 Å². The van der Waals surface area contributed by atoms with Crippen LogP contribution in [0, 0.1) is 0 Å². The van der Waals surface area contributed by atoms with Gasteiger partial charge in [-0.3, -0.25) is 0 Å². The molecule has 0 radical (unpaired) electrons. The molecule has 7 nitrogen and oxygen atoms in total. The third-order valence-electron chi connectivity index (χ3n) is 6.13. The highest BCUT2D eigenvalue weighted by molar-refractivity contribution is 5.98. The van der Waals surface area contributed by atoms with E-state index in [2.05, 4.69) is 15.3 Å². The van der Waals surface area contributed by atoms with E-state index in [9.17, 15) is 4.79 Å². The molecular weight excluding hydrogens is 414 g/mol. The number of benzene rings is 2. The normalized spacial score (nSPS) is 13.9. The van der Waals surface area contributed by atoms with Crippen molar-refractivity contribution in [1.82, 2.24) is 14.5 Å². The molecule has 1 aliphatic carbocycles. The predicted molar refractivity (Wildman–Crippen MR) is 129 cm³/mol. The molecule has 1 fully saturated rings. The highest BCUT2D eigenvalue weighted by atomic mass is 16.5. The molecule has 0 atom stereocenters. The van der Waals surface area contributed by atoms with Crippen LogP contribution >= 0.6 is 0 Å². The number of nitrogens with one attached hydrogen (secondary N) is 1. The standard InChI is InChI=1S/C26H27N5O2/c27-26-29-23(28-16-18-9-3-1-4-10-18)21-15-22(25(32)33-17-19-11-5-2-6-12-19)31(24(21)30-26)20-13-7-8-14-20/h1-6,9-12,15,20H,7-8,13-14,16-17H2,(H3,27,28,29,30). The summed E-state index contributed by atoms with van der Waals surface area (Å²) in [6.45, 7) is 0.813. The van der Waals surface area contributed by atoms with Crippen molar-refractivity contribution in [3.05, 3.63) is 83.6 Å². The molecule has 0 saturated heterocycles. The molecule has 168 valence electrons. The van der Waals surface area contributed by atoms with Crippen LogP contribution in [-0.2, 0) is 17.9 Å². The molecule has 7 heteroatoms. The number of rotatable bonds is 7. The van der Waals surface area contributed by atoms with Gasteiger partial charge in [0.1, 0.15) is 23.8 Å². The van der Waals surface area contributed by atoms with Gasteiger partial charge in [-0.1, -0.05) is 73.5 Å². The third kappa shape index (κ3) is 4.53. The first-order valence-corrected chi connectivity index (χ1v) is 11.4. The Morgan fingerprint density at radius 1 is 1.00 bits per heavy atom. The zero-order valence-corrected chi connectivity index (χ0v) is 18.4. The first-order chi connectivity index (χ1) is 16.2. The Morgan fingerprint density at radius 2 is 1.67 bits per heavy atom. The number of carbonyl (C=O) groups excluding carboxylic acids is 1. The summed E-state index contributed by atoms with van der Waals surface area (Å²) >= 11 is 0. The summed E-state index contributed by atoms with van der Waals surface area (Å²) in [6.07, 6.45) is 4.25. The van der Waals surface area contributed by atoms with Crippen LogP contribution in [0.15, 0.2) is 66.7 Å². The fourth-order valence-electron chi connectivity index (χ4n) is 4.51. The molecule has 1 aliphatic rings. The van der Waals surface area contributed by atoms with E-state index in [0.29, 0.717) is 23.7 Å². The number of anilines is 2. The number of carbonyl (C=O) groups is 1. The van der Waals surface area contributed by atoms with Crippen molar-refractivity contribution in [3.8, 4) is 0 Å². The van der Waals surface area contributed by atoms with E-state index in [4.69, 9.17) is 10.5 Å². The Labute approximate surface area is 192 Å². The van der Waals surface area contributed by atoms with E-state index >= 15 is 0 Å². The average molecular weight is 442 g/mol. The maximum absolute atomic E-state index is 13.2. The second-order valence-electron chi connectivity index (χ2n) is 8.41. The molecule has 2 aromatic heterocycles. The smallest absolute Gasteiger partial charge is 0.355 e. The van der Waals surface area contributed by atoms with Gasteiger partial charge in [0.2, 0.25) is 5.95 Å². The molecule has 2 heterocycles. The molecule has 3 N–H and O–H groups in total. The molecule has 1 saturated carbocycles. The largest absolute Gasteiger partial charge is 0.456 e. The molecule has 33 heavy (non-hydrogen) atoms. The fraction of sp³-hybridized carbons (Fsp3) is 0.269. The molecule has 0 spiro atoms. The van der Waals surface area contributed by atoms with Crippen LogP contribution < -0.4 is 11.1 Å². The van der Waals surface area contributed by atoms with Gasteiger partial charge in [-0.2, -0.15) is 9.97 Å². The Bertz CT molecular complexity index is 1250. The van der Waals surface area contributed by atoms with Gasteiger partial charge in [-0.05, 0) is 30.0 Å². The number of fused-ring (bicyclic) bond motifs is 1. The van der Waals surface area contributed by atoms with Gasteiger partial charge < -0.3 is 20.4 Å². The van der Waals surface area contributed by atoms with Gasteiger partial charge in [0, 0.05) is 12.6 Å². The maximum atomic E-state index is 13.2. The fourth-order valence-corrected chi connectivity index (χ4v) is 4.51. The van der Waals surface area contributed by atoms with Crippen molar-refractivity contribution in [2.75, 3.05) is 11.1 Å². The lowest BCUT2D eigenvalue weighted by Gasteiger charge is -2.17. The minimum Gasteiger partial charge on any atom is -0.456 e. The summed E-state index contributed by atoms with van der Waals surface area (Å²) in [6, 6.07) is 21.8. The van der Waals surface area contributed by atoms with Crippen LogP contribution in [0.1, 0.15) is 53.3 Å². The number of nitrogens with two attached hydrogens (primary N) is 1. The summed E-state index contributed by atoms with van der Waals surface area (Å²) in [7, 11) is 0. The van der Waals surface area contributed by atoms with Gasteiger partial charge in [0.25, 0.3) is 0 Å². The lowest BCUT2D eigenvalue weighted by Crippen LogP contribution is -2.16. The van der Waals surface area contributed by atoms with E-state index in [1.807, 2.05) is 71.3 Å². The molecule has 5 rings (SSSR count). The minimum absolute atomic E-state index is 0.180. The van der Waals surface area contributed by atoms with Gasteiger partial charge >= 0.3 is 5.97 Å². The van der Waals surface area contributed by atoms with Crippen molar-refractivity contribution >= 4 is 28.8 Å². The van der Waals surface area contributed by atoms with Crippen molar-refractivity contribution in [2.24, 2.45) is 0 Å². The summed E-state index contributed by atoms with van der Waals surface area (Å²) < 4.78 is 7.70. The number of hydrogen-bond donors (Lipinski definition) is 2. The zero-order valence-electron chi connectivity index (χ0n) is 18.4. The lowest BCUT2D eigenvalue weighted by atomic mass is 10.2. The number of ether oxygens (including phenoxy) is 1. The highest BCUT2D eigenvalue weighted by Gasteiger charge is 2.28. The highest BCUT2D eigenvalue weighted by Crippen LogP contribution is 2.36. The van der Waals surface area contributed by atoms with Crippen LogP contribution in [0.25, 0.3) is 11.0 Å². The predicted octanol–water partition coefficient (Wildman–Crippen LogP) is 5.10. The number of aromatic nitrogens is 3. The summed E-state index contributed by atoms with van der Waals surface area (Å²) in [4.78, 5) is 22.2. The zero-order chi connectivity index (χ0) is 22.6. The minimum atomic E-state index is -0.365. The van der Waals surface area contributed by atoms with Crippen LogP contribution in [0.4, 0.5) is 11.8 Å². The van der Waals surface area contributed by atoms with Gasteiger partial charge in [0.05, 0.1) is 5.39 Å². The average Bonchev–Trinajstić information content (AvgIpc) is 3.50. The van der Waals surface area contributed by atoms with Crippen molar-refractivity contribution in [3.63, 3.8) is 0 Å². The van der Waals surface area contributed by atoms with E-state index in [1.165, 1.54) is 0 Å². The van der Waals surface area contributed by atoms with Crippen LogP contribution in [0.2, 0.25) is 0 Å². The Balaban J connectivity index is 1.50. The SMILES string of the molecule is Nc1nc(NCc2ccccc2)c2cc(C(=O)OCc3ccccc3)n(C3CCCC3)c2n1. The summed E-state index contributed by atoms with van der Waals surface area (Å²) in [5.41, 5.74) is 9.34. The second kappa shape index (κ2) is 9.32. The van der Waals surface area contributed by atoms with E-state index in [1.54, 1.807) is 0 Å². The Kier molecular flexibility index (Phi) is 5.93. The van der Waals surface area contributed by atoms with Gasteiger partial charge in [-0.25, -0.2) is 4.79 Å². The molecule has 4 aromatic rings. The van der Waals surface area contributed by atoms with E-state index in [0.717, 1.165) is 42.2 Å². The second-order valence-corrected chi connectivity index (χ2v) is 8.41. The number of esters is 1. The topological polar surface area (TPSA) is 95.1 Å². The van der Waals surface area contributed by atoms with E-state index < -0.39 is 0 Å². The first-order valence-electron chi connectivity index (χ1n) is 11.4. The Hall–Kier alpha value is -3.87. The molecule has 0 unspecified atom stereocenters. The molecule has 2 aromatic carbocycles. The van der Waals surface area contributed by atoms with Gasteiger partial charge in [0.15, 0.2) is 0 Å². The van der Waals surface area contributed by atoms with Gasteiger partial charge in [-0.15, -0.1) is 0 Å². The van der Waals surface area contributed by atoms with Crippen molar-refractivity contribution in [2.45, 2.75) is 44.9 Å². The van der Waals surface area contributed by atoms with Crippen LogP contribution in [0.3, 0.4) is 0 Å². The van der Waals surface area contributed by atoms with Crippen LogP contribution in [0.5, 0.6) is 0 Å². The quantitative estimate of drug-likeness (QED) is 0.388. The van der Waals surface area contributed by atoms with Crippen LogP contribution in [-0.4, -0.2) is 20.5 Å². The number of nitrogens with zero attached hydrogens (tertiary/aromatic N) is 3. The molecule has 0 amide bonds. The third-order valence-corrected chi connectivity index (χ3v) is 6.13. The summed E-state index contributed by atoms with van der Waals surface area (Å²) in [5.74, 6) is 0.436. The van der Waals surface area contributed by atoms with Crippen molar-refractivity contribution in [1.29, 1.82) is 0 Å². The number of hydrogen-bond acceptors (Lipinski definition) is 6. The monoisotopic (exact) mass is 441 g/mol. The first kappa shape index (κ1) is 21.0. The summed E-state index contributed by atoms with van der Waals surface area (Å²) in [5, 5.41) is 4.15. The number of nitrogen functional groups attached to an aromatic ring is 1. The molecule has 0 bridgehead atoms. The maximum Gasteiger partial charge on any atom is 0.355 e. The molecular formula is C26H27N5O2.